The van der Waals surface area contributed by atoms with Gasteiger partial charge in [0.15, 0.2) is 0 Å². The molecule has 0 amide bonds. The summed E-state index contributed by atoms with van der Waals surface area (Å²) < 4.78 is 5.21. The SMILES string of the molecule is COc1ccc(CN(CCN(C)C)c2ccccn2)cc1.Cl. The molecule has 0 unspecified atom stereocenters. The van der Waals surface area contributed by atoms with E-state index in [0.29, 0.717) is 0 Å². The van der Waals surface area contributed by atoms with Crippen LogP contribution in [-0.4, -0.2) is 44.2 Å². The third-order valence-electron chi connectivity index (χ3n) is 3.32. The number of nitrogens with zero attached hydrogens (tertiary/aromatic N) is 3. The summed E-state index contributed by atoms with van der Waals surface area (Å²) >= 11 is 0. The van der Waals surface area contributed by atoms with E-state index >= 15 is 0 Å². The fraction of sp³-hybridized carbons (Fsp3) is 0.353. The number of rotatable bonds is 7. The Morgan fingerprint density at radius 1 is 1.00 bits per heavy atom. The van der Waals surface area contributed by atoms with E-state index in [2.05, 4.69) is 47.1 Å². The van der Waals surface area contributed by atoms with Gasteiger partial charge < -0.3 is 14.5 Å². The molecule has 5 heteroatoms. The fourth-order valence-electron chi connectivity index (χ4n) is 2.09. The van der Waals surface area contributed by atoms with Crippen molar-refractivity contribution < 1.29 is 4.74 Å². The number of ether oxygens (including phenoxy) is 1. The molecule has 0 saturated carbocycles. The molecule has 0 spiro atoms. The minimum atomic E-state index is 0. The van der Waals surface area contributed by atoms with E-state index in [1.807, 2.05) is 30.5 Å². The van der Waals surface area contributed by atoms with Gasteiger partial charge in [0.1, 0.15) is 11.6 Å². The van der Waals surface area contributed by atoms with Crippen LogP contribution in [0.5, 0.6) is 5.75 Å². The molecule has 0 fully saturated rings. The maximum atomic E-state index is 5.21. The Kier molecular flexibility index (Phi) is 7.71. The molecule has 2 aromatic rings. The molecule has 0 atom stereocenters. The molecule has 1 heterocycles. The Bertz CT molecular complexity index is 531. The van der Waals surface area contributed by atoms with Crippen LogP contribution in [0.2, 0.25) is 0 Å². The highest BCUT2D eigenvalue weighted by molar-refractivity contribution is 5.85. The molecule has 1 aromatic heterocycles. The van der Waals surface area contributed by atoms with Crippen LogP contribution < -0.4 is 9.64 Å². The van der Waals surface area contributed by atoms with Crippen LogP contribution in [0.25, 0.3) is 0 Å². The van der Waals surface area contributed by atoms with Crippen molar-refractivity contribution in [1.82, 2.24) is 9.88 Å². The Morgan fingerprint density at radius 2 is 1.73 bits per heavy atom. The first-order valence-corrected chi connectivity index (χ1v) is 7.12. The normalized spacial score (nSPS) is 10.2. The van der Waals surface area contributed by atoms with Gasteiger partial charge >= 0.3 is 0 Å². The number of hydrogen-bond acceptors (Lipinski definition) is 4. The Balaban J connectivity index is 0.00000242. The predicted molar refractivity (Wildman–Crippen MR) is 94.1 cm³/mol. The number of benzene rings is 1. The summed E-state index contributed by atoms with van der Waals surface area (Å²) in [5, 5.41) is 0. The molecule has 0 saturated heterocycles. The van der Waals surface area contributed by atoms with Crippen LogP contribution in [0.15, 0.2) is 48.7 Å². The third-order valence-corrected chi connectivity index (χ3v) is 3.32. The maximum absolute atomic E-state index is 5.21. The van der Waals surface area contributed by atoms with Crippen molar-refractivity contribution in [3.05, 3.63) is 54.2 Å². The molecule has 0 radical (unpaired) electrons. The topological polar surface area (TPSA) is 28.6 Å². The number of halogens is 1. The minimum absolute atomic E-state index is 0. The van der Waals surface area contributed by atoms with Gasteiger partial charge in [0.25, 0.3) is 0 Å². The Morgan fingerprint density at radius 3 is 2.27 bits per heavy atom. The number of pyridine rings is 1. The molecule has 0 aliphatic rings. The second-order valence-electron chi connectivity index (χ2n) is 5.26. The van der Waals surface area contributed by atoms with E-state index in [0.717, 1.165) is 31.2 Å². The van der Waals surface area contributed by atoms with Crippen LogP contribution in [0.4, 0.5) is 5.82 Å². The largest absolute Gasteiger partial charge is 0.497 e. The molecule has 120 valence electrons. The van der Waals surface area contributed by atoms with Crippen LogP contribution in [0.1, 0.15) is 5.56 Å². The van der Waals surface area contributed by atoms with Gasteiger partial charge in [-0.2, -0.15) is 0 Å². The van der Waals surface area contributed by atoms with Gasteiger partial charge in [0.2, 0.25) is 0 Å². The van der Waals surface area contributed by atoms with Crippen molar-refractivity contribution in [2.75, 3.05) is 39.2 Å². The zero-order chi connectivity index (χ0) is 15.1. The number of likely N-dealkylation sites (N-methyl/N-ethyl adjacent to an activating group) is 1. The standard InChI is InChI=1S/C17H23N3O.ClH/c1-19(2)12-13-20(17-6-4-5-11-18-17)14-15-7-9-16(21-3)10-8-15;/h4-11H,12-14H2,1-3H3;1H. The molecule has 2 rings (SSSR count). The van der Waals surface area contributed by atoms with Crippen molar-refractivity contribution in [1.29, 1.82) is 0 Å². The minimum Gasteiger partial charge on any atom is -0.497 e. The summed E-state index contributed by atoms with van der Waals surface area (Å²) in [6.07, 6.45) is 1.84. The van der Waals surface area contributed by atoms with Gasteiger partial charge in [0.05, 0.1) is 7.11 Å². The van der Waals surface area contributed by atoms with Crippen LogP contribution in [0, 0.1) is 0 Å². The van der Waals surface area contributed by atoms with E-state index in [4.69, 9.17) is 4.74 Å². The van der Waals surface area contributed by atoms with Crippen LogP contribution in [0.3, 0.4) is 0 Å². The van der Waals surface area contributed by atoms with E-state index < -0.39 is 0 Å². The zero-order valence-corrected chi connectivity index (χ0v) is 14.2. The van der Waals surface area contributed by atoms with E-state index in [1.165, 1.54) is 5.56 Å². The molecule has 0 N–H and O–H groups in total. The molecule has 22 heavy (non-hydrogen) atoms. The van der Waals surface area contributed by atoms with E-state index in [-0.39, 0.29) is 12.4 Å². The lowest BCUT2D eigenvalue weighted by atomic mass is 10.2. The monoisotopic (exact) mass is 321 g/mol. The van der Waals surface area contributed by atoms with Gasteiger partial charge in [-0.15, -0.1) is 12.4 Å². The molecule has 0 aliphatic heterocycles. The van der Waals surface area contributed by atoms with Gasteiger partial charge in [-0.3, -0.25) is 0 Å². The highest BCUT2D eigenvalue weighted by Gasteiger charge is 2.09. The van der Waals surface area contributed by atoms with Crippen molar-refractivity contribution in [2.24, 2.45) is 0 Å². The van der Waals surface area contributed by atoms with Crippen molar-refractivity contribution >= 4 is 18.2 Å². The molecule has 0 bridgehead atoms. The predicted octanol–water partition coefficient (Wildman–Crippen LogP) is 3.08. The number of aromatic nitrogens is 1. The molecular formula is C17H24ClN3O. The summed E-state index contributed by atoms with van der Waals surface area (Å²) in [6, 6.07) is 14.2. The second kappa shape index (κ2) is 9.28. The van der Waals surface area contributed by atoms with Gasteiger partial charge in [-0.25, -0.2) is 4.98 Å². The number of methoxy groups -OCH3 is 1. The average molecular weight is 322 g/mol. The number of hydrogen-bond donors (Lipinski definition) is 0. The first-order valence-electron chi connectivity index (χ1n) is 7.12. The number of anilines is 1. The summed E-state index contributed by atoms with van der Waals surface area (Å²) in [6.45, 7) is 2.78. The van der Waals surface area contributed by atoms with Gasteiger partial charge in [-0.05, 0) is 43.9 Å². The molecule has 1 aromatic carbocycles. The van der Waals surface area contributed by atoms with Gasteiger partial charge in [-0.1, -0.05) is 18.2 Å². The first kappa shape index (κ1) is 18.3. The Hall–Kier alpha value is -1.78. The summed E-state index contributed by atoms with van der Waals surface area (Å²) in [5.74, 6) is 1.89. The fourth-order valence-corrected chi connectivity index (χ4v) is 2.09. The second-order valence-corrected chi connectivity index (χ2v) is 5.26. The maximum Gasteiger partial charge on any atom is 0.128 e. The lowest BCUT2D eigenvalue weighted by Crippen LogP contribution is -2.31. The quantitative estimate of drug-likeness (QED) is 0.783. The molecule has 4 nitrogen and oxygen atoms in total. The lowest BCUT2D eigenvalue weighted by molar-refractivity contribution is 0.411. The van der Waals surface area contributed by atoms with Crippen LogP contribution >= 0.6 is 12.4 Å². The third kappa shape index (κ3) is 5.54. The Labute approximate surface area is 139 Å². The highest BCUT2D eigenvalue weighted by atomic mass is 35.5. The summed E-state index contributed by atoms with van der Waals surface area (Å²) in [7, 11) is 5.86. The van der Waals surface area contributed by atoms with E-state index in [9.17, 15) is 0 Å². The summed E-state index contributed by atoms with van der Waals surface area (Å²) in [5.41, 5.74) is 1.25. The van der Waals surface area contributed by atoms with Crippen molar-refractivity contribution in [3.8, 4) is 5.75 Å². The smallest absolute Gasteiger partial charge is 0.128 e. The zero-order valence-electron chi connectivity index (χ0n) is 13.4. The van der Waals surface area contributed by atoms with E-state index in [1.54, 1.807) is 7.11 Å². The van der Waals surface area contributed by atoms with Crippen molar-refractivity contribution in [3.63, 3.8) is 0 Å². The van der Waals surface area contributed by atoms with Gasteiger partial charge in [0, 0.05) is 25.8 Å². The summed E-state index contributed by atoms with van der Waals surface area (Å²) in [4.78, 5) is 8.95. The lowest BCUT2D eigenvalue weighted by Gasteiger charge is -2.25. The van der Waals surface area contributed by atoms with Crippen molar-refractivity contribution in [2.45, 2.75) is 6.54 Å². The highest BCUT2D eigenvalue weighted by Crippen LogP contribution is 2.16. The molecule has 0 aliphatic carbocycles. The van der Waals surface area contributed by atoms with Crippen LogP contribution in [-0.2, 0) is 6.54 Å². The average Bonchev–Trinajstić information content (AvgIpc) is 2.52. The first-order chi connectivity index (χ1) is 10.2. The molecular weight excluding hydrogens is 298 g/mol.